The number of thiocarbonyl (C=S) groups is 1. The lowest BCUT2D eigenvalue weighted by atomic mass is 10.2. The van der Waals surface area contributed by atoms with Crippen LogP contribution in [0.4, 0.5) is 5.69 Å². The molecule has 76 valence electrons. The first-order valence-electron chi connectivity index (χ1n) is 4.36. The summed E-state index contributed by atoms with van der Waals surface area (Å²) >= 11 is 6.51. The van der Waals surface area contributed by atoms with E-state index in [1.54, 1.807) is 0 Å². The van der Waals surface area contributed by atoms with E-state index in [4.69, 9.17) is 22.7 Å². The van der Waals surface area contributed by atoms with Gasteiger partial charge in [0.15, 0.2) is 0 Å². The van der Waals surface area contributed by atoms with Gasteiger partial charge < -0.3 is 10.5 Å². The van der Waals surface area contributed by atoms with Gasteiger partial charge in [0.05, 0.1) is 6.61 Å². The molecule has 0 atom stereocenters. The molecule has 0 saturated heterocycles. The first-order valence-corrected chi connectivity index (χ1v) is 5.75. The largest absolute Gasteiger partial charge is 0.479 e. The Morgan fingerprint density at radius 2 is 2.36 bits per heavy atom. The van der Waals surface area contributed by atoms with Crippen molar-refractivity contribution >= 4 is 34.0 Å². The molecule has 0 heterocycles. The zero-order valence-electron chi connectivity index (χ0n) is 8.03. The average Bonchev–Trinajstić information content (AvgIpc) is 2.15. The molecule has 2 N–H and O–H groups in total. The van der Waals surface area contributed by atoms with Crippen LogP contribution in [-0.2, 0) is 10.5 Å². The smallest absolute Gasteiger partial charge is 0.220 e. The molecule has 0 spiro atoms. The fourth-order valence-electron chi connectivity index (χ4n) is 0.985. The third-order valence-electron chi connectivity index (χ3n) is 1.57. The standard InChI is InChI=1S/C10H13NOS2/c1-2-12-10(13)14-7-8-4-3-5-9(11)6-8/h3-6H,2,7,11H2,1H3. The van der Waals surface area contributed by atoms with Gasteiger partial charge in [0.2, 0.25) is 4.38 Å². The van der Waals surface area contributed by atoms with Gasteiger partial charge in [-0.3, -0.25) is 0 Å². The molecule has 0 bridgehead atoms. The second-order valence-corrected chi connectivity index (χ2v) is 4.29. The van der Waals surface area contributed by atoms with Crippen LogP contribution in [0.15, 0.2) is 24.3 Å². The van der Waals surface area contributed by atoms with Crippen molar-refractivity contribution in [2.75, 3.05) is 12.3 Å². The Kier molecular flexibility index (Phi) is 4.76. The molecule has 4 heteroatoms. The molecule has 2 nitrogen and oxygen atoms in total. The molecule has 0 unspecified atom stereocenters. The lowest BCUT2D eigenvalue weighted by molar-refractivity contribution is 0.346. The molecule has 0 saturated carbocycles. The van der Waals surface area contributed by atoms with Gasteiger partial charge in [-0.05, 0) is 36.8 Å². The first-order chi connectivity index (χ1) is 6.72. The number of hydrogen-bond acceptors (Lipinski definition) is 4. The molecule has 0 aliphatic rings. The van der Waals surface area contributed by atoms with Crippen molar-refractivity contribution in [3.05, 3.63) is 29.8 Å². The highest BCUT2D eigenvalue weighted by molar-refractivity contribution is 8.22. The zero-order chi connectivity index (χ0) is 10.4. The second kappa shape index (κ2) is 5.88. The predicted molar refractivity (Wildman–Crippen MR) is 66.4 cm³/mol. The summed E-state index contributed by atoms with van der Waals surface area (Å²) in [7, 11) is 0. The van der Waals surface area contributed by atoms with E-state index in [9.17, 15) is 0 Å². The average molecular weight is 227 g/mol. The molecule has 0 aliphatic heterocycles. The Morgan fingerprint density at radius 3 is 3.00 bits per heavy atom. The summed E-state index contributed by atoms with van der Waals surface area (Å²) in [5.74, 6) is 0.809. The van der Waals surface area contributed by atoms with Gasteiger partial charge >= 0.3 is 0 Å². The number of ether oxygens (including phenoxy) is 1. The van der Waals surface area contributed by atoms with Crippen LogP contribution in [-0.4, -0.2) is 11.0 Å². The van der Waals surface area contributed by atoms with Gasteiger partial charge in [-0.15, -0.1) is 0 Å². The van der Waals surface area contributed by atoms with Crippen molar-refractivity contribution in [3.8, 4) is 0 Å². The van der Waals surface area contributed by atoms with Crippen LogP contribution in [0.2, 0.25) is 0 Å². The Morgan fingerprint density at radius 1 is 1.57 bits per heavy atom. The van der Waals surface area contributed by atoms with E-state index in [0.29, 0.717) is 11.0 Å². The molecular weight excluding hydrogens is 214 g/mol. The van der Waals surface area contributed by atoms with Gasteiger partial charge in [0, 0.05) is 11.4 Å². The van der Waals surface area contributed by atoms with Crippen LogP contribution in [0.1, 0.15) is 12.5 Å². The number of nitrogen functional groups attached to an aromatic ring is 1. The lowest BCUT2D eigenvalue weighted by Crippen LogP contribution is -1.96. The molecule has 0 fully saturated rings. The second-order valence-electron chi connectivity index (χ2n) is 2.72. The number of benzene rings is 1. The number of anilines is 1. The van der Waals surface area contributed by atoms with Crippen LogP contribution < -0.4 is 5.73 Å². The molecule has 14 heavy (non-hydrogen) atoms. The molecule has 0 radical (unpaired) electrons. The topological polar surface area (TPSA) is 35.2 Å². The van der Waals surface area contributed by atoms with E-state index < -0.39 is 0 Å². The van der Waals surface area contributed by atoms with E-state index in [-0.39, 0.29) is 0 Å². The summed E-state index contributed by atoms with van der Waals surface area (Å²) < 4.78 is 5.75. The Bertz CT molecular complexity index is 315. The van der Waals surface area contributed by atoms with Crippen LogP contribution in [0.25, 0.3) is 0 Å². The SMILES string of the molecule is CCOC(=S)SCc1cccc(N)c1. The summed E-state index contributed by atoms with van der Waals surface area (Å²) in [4.78, 5) is 0. The third-order valence-corrected chi connectivity index (χ3v) is 2.87. The molecule has 0 aromatic heterocycles. The fraction of sp³-hybridized carbons (Fsp3) is 0.300. The van der Waals surface area contributed by atoms with Gasteiger partial charge in [-0.1, -0.05) is 23.9 Å². The Labute approximate surface area is 93.8 Å². The quantitative estimate of drug-likeness (QED) is 0.636. The van der Waals surface area contributed by atoms with E-state index in [1.807, 2.05) is 31.2 Å². The Balaban J connectivity index is 2.41. The predicted octanol–water partition coefficient (Wildman–Crippen LogP) is 2.82. The highest BCUT2D eigenvalue weighted by Crippen LogP contribution is 2.16. The minimum absolute atomic E-state index is 0.593. The maximum Gasteiger partial charge on any atom is 0.220 e. The highest BCUT2D eigenvalue weighted by atomic mass is 32.2. The maximum atomic E-state index is 5.65. The molecule has 1 aromatic carbocycles. The minimum Gasteiger partial charge on any atom is -0.479 e. The van der Waals surface area contributed by atoms with Crippen molar-refractivity contribution < 1.29 is 4.74 Å². The maximum absolute atomic E-state index is 5.65. The van der Waals surface area contributed by atoms with Crippen molar-refractivity contribution in [1.82, 2.24) is 0 Å². The fourth-order valence-corrected chi connectivity index (χ4v) is 1.94. The minimum atomic E-state index is 0.593. The van der Waals surface area contributed by atoms with Crippen molar-refractivity contribution in [1.29, 1.82) is 0 Å². The Hall–Kier alpha value is -0.740. The van der Waals surface area contributed by atoms with Crippen LogP contribution in [0.5, 0.6) is 0 Å². The molecule has 1 rings (SSSR count). The molecule has 1 aromatic rings. The van der Waals surface area contributed by atoms with E-state index in [0.717, 1.165) is 17.0 Å². The monoisotopic (exact) mass is 227 g/mol. The summed E-state index contributed by atoms with van der Waals surface area (Å²) in [6, 6.07) is 7.78. The highest BCUT2D eigenvalue weighted by Gasteiger charge is 1.99. The number of hydrogen-bond donors (Lipinski definition) is 1. The molecule has 0 amide bonds. The summed E-state index contributed by atoms with van der Waals surface area (Å²) in [5, 5.41) is 0. The third kappa shape index (κ3) is 3.98. The summed E-state index contributed by atoms with van der Waals surface area (Å²) in [6.07, 6.45) is 0. The van der Waals surface area contributed by atoms with Crippen LogP contribution >= 0.6 is 24.0 Å². The lowest BCUT2D eigenvalue weighted by Gasteiger charge is -2.04. The van der Waals surface area contributed by atoms with Crippen molar-refractivity contribution in [3.63, 3.8) is 0 Å². The van der Waals surface area contributed by atoms with Crippen molar-refractivity contribution in [2.24, 2.45) is 0 Å². The number of thioether (sulfide) groups is 1. The van der Waals surface area contributed by atoms with Gasteiger partial charge in [-0.2, -0.15) is 0 Å². The molecular formula is C10H13NOS2. The zero-order valence-corrected chi connectivity index (χ0v) is 9.66. The van der Waals surface area contributed by atoms with Crippen molar-refractivity contribution in [2.45, 2.75) is 12.7 Å². The number of nitrogens with two attached hydrogens (primary N) is 1. The van der Waals surface area contributed by atoms with Gasteiger partial charge in [0.1, 0.15) is 0 Å². The van der Waals surface area contributed by atoms with E-state index in [1.165, 1.54) is 11.8 Å². The normalized spacial score (nSPS) is 9.79. The van der Waals surface area contributed by atoms with E-state index in [2.05, 4.69) is 0 Å². The van der Waals surface area contributed by atoms with Gasteiger partial charge in [-0.25, -0.2) is 0 Å². The van der Waals surface area contributed by atoms with Crippen LogP contribution in [0.3, 0.4) is 0 Å². The summed E-state index contributed by atoms with van der Waals surface area (Å²) in [5.41, 5.74) is 7.60. The van der Waals surface area contributed by atoms with Crippen LogP contribution in [0, 0.1) is 0 Å². The first kappa shape index (κ1) is 11.3. The van der Waals surface area contributed by atoms with E-state index >= 15 is 0 Å². The van der Waals surface area contributed by atoms with Gasteiger partial charge in [0.25, 0.3) is 0 Å². The summed E-state index contributed by atoms with van der Waals surface area (Å²) in [6.45, 7) is 2.55. The molecule has 0 aliphatic carbocycles. The number of rotatable bonds is 3.